The van der Waals surface area contributed by atoms with Gasteiger partial charge in [-0.2, -0.15) is 4.31 Å². The highest BCUT2D eigenvalue weighted by atomic mass is 32.2. The summed E-state index contributed by atoms with van der Waals surface area (Å²) in [4.78, 5) is 38.7. The molecule has 34 heavy (non-hydrogen) atoms. The smallest absolute Gasteiger partial charge is 0.338 e. The Morgan fingerprint density at radius 2 is 1.74 bits per heavy atom. The van der Waals surface area contributed by atoms with Crippen LogP contribution in [0.25, 0.3) is 0 Å². The topological polar surface area (TPSA) is 113 Å². The average Bonchev–Trinajstić information content (AvgIpc) is 3.08. The van der Waals surface area contributed by atoms with E-state index in [0.29, 0.717) is 30.0 Å². The van der Waals surface area contributed by atoms with Gasteiger partial charge in [0.05, 0.1) is 29.2 Å². The van der Waals surface area contributed by atoms with Crippen molar-refractivity contribution < 1.29 is 27.5 Å². The molecule has 0 bridgehead atoms. The maximum atomic E-state index is 13.1. The second-order valence-electron chi connectivity index (χ2n) is 7.80. The van der Waals surface area contributed by atoms with Gasteiger partial charge in [-0.15, -0.1) is 0 Å². The lowest BCUT2D eigenvalue weighted by Gasteiger charge is -2.21. The Balaban J connectivity index is 1.82. The summed E-state index contributed by atoms with van der Waals surface area (Å²) in [6.07, 6.45) is -0.0784. The van der Waals surface area contributed by atoms with Crippen LogP contribution in [0, 0.1) is 6.92 Å². The third-order valence-corrected chi connectivity index (χ3v) is 7.71. The van der Waals surface area contributed by atoms with Crippen molar-refractivity contribution in [2.24, 2.45) is 0 Å². The molecule has 9 nitrogen and oxygen atoms in total. The summed E-state index contributed by atoms with van der Waals surface area (Å²) in [7, 11) is -3.67. The highest BCUT2D eigenvalue weighted by Crippen LogP contribution is 2.28. The van der Waals surface area contributed by atoms with Gasteiger partial charge in [0, 0.05) is 18.8 Å². The minimum atomic E-state index is -3.67. The van der Waals surface area contributed by atoms with Crippen molar-refractivity contribution in [3.05, 3.63) is 53.6 Å². The zero-order valence-electron chi connectivity index (χ0n) is 19.7. The highest BCUT2D eigenvalue weighted by Gasteiger charge is 2.40. The van der Waals surface area contributed by atoms with E-state index >= 15 is 0 Å². The molecule has 0 saturated carbocycles. The van der Waals surface area contributed by atoms with Gasteiger partial charge in [-0.1, -0.05) is 19.9 Å². The number of nitrogens with zero attached hydrogens (tertiary/aromatic N) is 2. The number of amides is 2. The van der Waals surface area contributed by atoms with Crippen LogP contribution in [0.1, 0.15) is 43.1 Å². The van der Waals surface area contributed by atoms with E-state index in [0.717, 1.165) is 10.5 Å². The van der Waals surface area contributed by atoms with Crippen molar-refractivity contribution in [3.8, 4) is 0 Å². The Labute approximate surface area is 199 Å². The van der Waals surface area contributed by atoms with E-state index < -0.39 is 33.8 Å². The van der Waals surface area contributed by atoms with E-state index in [1.807, 2.05) is 0 Å². The van der Waals surface area contributed by atoms with Gasteiger partial charge in [-0.25, -0.2) is 18.1 Å². The summed E-state index contributed by atoms with van der Waals surface area (Å²) in [6.45, 7) is 7.97. The molecule has 1 unspecified atom stereocenters. The first-order valence-electron chi connectivity index (χ1n) is 11.1. The molecule has 0 radical (unpaired) electrons. The van der Waals surface area contributed by atoms with Gasteiger partial charge in [0.2, 0.25) is 15.9 Å². The first-order valence-corrected chi connectivity index (χ1v) is 12.6. The van der Waals surface area contributed by atoms with Gasteiger partial charge in [0.25, 0.3) is 5.91 Å². The standard InChI is InChI=1S/C24H29N3O6S/c1-5-26(6-2)34(31,32)19-13-8-16(4)20(14-19)25-21-15-22(28)27(23(21)29)18-11-9-17(10-12-18)24(30)33-7-3/h8-14,21,25H,5-7,15H2,1-4H3. The first kappa shape index (κ1) is 25.4. The maximum Gasteiger partial charge on any atom is 0.338 e. The van der Waals surface area contributed by atoms with Gasteiger partial charge in [0.15, 0.2) is 0 Å². The predicted molar refractivity (Wildman–Crippen MR) is 128 cm³/mol. The minimum absolute atomic E-state index is 0.0784. The third-order valence-electron chi connectivity index (χ3n) is 5.67. The summed E-state index contributed by atoms with van der Waals surface area (Å²) in [5.41, 5.74) is 1.89. The Morgan fingerprint density at radius 1 is 1.09 bits per heavy atom. The maximum absolute atomic E-state index is 13.1. The lowest BCUT2D eigenvalue weighted by molar-refractivity contribution is -0.121. The number of ether oxygens (including phenoxy) is 1. The zero-order valence-corrected chi connectivity index (χ0v) is 20.5. The van der Waals surface area contributed by atoms with Crippen molar-refractivity contribution in [1.29, 1.82) is 0 Å². The fourth-order valence-electron chi connectivity index (χ4n) is 3.79. The molecule has 1 aliphatic heterocycles. The Morgan fingerprint density at radius 3 is 2.32 bits per heavy atom. The van der Waals surface area contributed by atoms with Gasteiger partial charge in [-0.3, -0.25) is 9.59 Å². The summed E-state index contributed by atoms with van der Waals surface area (Å²) < 4.78 is 32.1. The van der Waals surface area contributed by atoms with Crippen molar-refractivity contribution in [2.45, 2.75) is 45.1 Å². The van der Waals surface area contributed by atoms with Crippen molar-refractivity contribution in [1.82, 2.24) is 4.31 Å². The molecule has 1 N–H and O–H groups in total. The van der Waals surface area contributed by atoms with Crippen molar-refractivity contribution in [3.63, 3.8) is 0 Å². The molecular formula is C24H29N3O6S. The number of benzene rings is 2. The van der Waals surface area contributed by atoms with Crippen molar-refractivity contribution in [2.75, 3.05) is 29.9 Å². The van der Waals surface area contributed by atoms with Gasteiger partial charge in [-0.05, 0) is 55.8 Å². The average molecular weight is 488 g/mol. The molecule has 1 fully saturated rings. The third kappa shape index (κ3) is 4.97. The molecule has 1 aliphatic rings. The van der Waals surface area contributed by atoms with Crippen molar-refractivity contribution >= 4 is 39.2 Å². The fraction of sp³-hybridized carbons (Fsp3) is 0.375. The first-order chi connectivity index (χ1) is 16.1. The second-order valence-corrected chi connectivity index (χ2v) is 9.74. The molecule has 2 amide bonds. The number of carbonyl (C=O) groups is 3. The van der Waals surface area contributed by atoms with Crippen LogP contribution >= 0.6 is 0 Å². The molecule has 2 aromatic carbocycles. The quantitative estimate of drug-likeness (QED) is 0.427. The van der Waals surface area contributed by atoms with E-state index in [2.05, 4.69) is 5.32 Å². The number of hydrogen-bond donors (Lipinski definition) is 1. The van der Waals surface area contributed by atoms with E-state index in [4.69, 9.17) is 4.74 Å². The summed E-state index contributed by atoms with van der Waals surface area (Å²) in [5.74, 6) is -1.33. The van der Waals surface area contributed by atoms with Crippen LogP contribution in [0.3, 0.4) is 0 Å². The number of rotatable bonds is 9. The molecule has 1 atom stereocenters. The normalized spacial score (nSPS) is 16.3. The van der Waals surface area contributed by atoms with Crippen LogP contribution in [-0.2, 0) is 24.3 Å². The number of carbonyl (C=O) groups excluding carboxylic acids is 3. The Kier molecular flexibility index (Phi) is 7.73. The highest BCUT2D eigenvalue weighted by molar-refractivity contribution is 7.89. The molecule has 0 aromatic heterocycles. The van der Waals surface area contributed by atoms with Gasteiger partial charge >= 0.3 is 5.97 Å². The molecule has 182 valence electrons. The number of hydrogen-bond acceptors (Lipinski definition) is 7. The van der Waals surface area contributed by atoms with Crippen LogP contribution in [0.5, 0.6) is 0 Å². The van der Waals surface area contributed by atoms with Crippen LogP contribution in [0.2, 0.25) is 0 Å². The number of anilines is 2. The van der Waals surface area contributed by atoms with Crippen LogP contribution in [-0.4, -0.2) is 56.2 Å². The lowest BCUT2D eigenvalue weighted by atomic mass is 10.1. The zero-order chi connectivity index (χ0) is 25.0. The summed E-state index contributed by atoms with van der Waals surface area (Å²) in [5, 5.41) is 3.05. The summed E-state index contributed by atoms with van der Waals surface area (Å²) >= 11 is 0. The number of sulfonamides is 1. The molecule has 2 aromatic rings. The Bertz CT molecular complexity index is 1190. The molecule has 3 rings (SSSR count). The largest absolute Gasteiger partial charge is 0.462 e. The SMILES string of the molecule is CCOC(=O)c1ccc(N2C(=O)CC(Nc3cc(S(=O)(=O)N(CC)CC)ccc3C)C2=O)cc1. The number of aryl methyl sites for hydroxylation is 1. The van der Waals surface area contributed by atoms with E-state index in [9.17, 15) is 22.8 Å². The molecule has 0 spiro atoms. The van der Waals surface area contributed by atoms with Crippen LogP contribution in [0.4, 0.5) is 11.4 Å². The monoisotopic (exact) mass is 487 g/mol. The van der Waals surface area contributed by atoms with Crippen LogP contribution < -0.4 is 10.2 Å². The minimum Gasteiger partial charge on any atom is -0.462 e. The molecular weight excluding hydrogens is 458 g/mol. The van der Waals surface area contributed by atoms with E-state index in [1.54, 1.807) is 33.8 Å². The Hall–Kier alpha value is -3.24. The molecule has 1 heterocycles. The number of esters is 1. The molecule has 1 saturated heterocycles. The van der Waals surface area contributed by atoms with E-state index in [1.165, 1.54) is 40.7 Å². The van der Waals surface area contributed by atoms with Crippen LogP contribution in [0.15, 0.2) is 47.4 Å². The fourth-order valence-corrected chi connectivity index (χ4v) is 5.28. The van der Waals surface area contributed by atoms with Gasteiger partial charge < -0.3 is 10.1 Å². The predicted octanol–water partition coefficient (Wildman–Crippen LogP) is 2.95. The van der Waals surface area contributed by atoms with Gasteiger partial charge in [0.1, 0.15) is 6.04 Å². The summed E-state index contributed by atoms with van der Waals surface area (Å²) in [6, 6.07) is 9.90. The molecule has 10 heteroatoms. The number of nitrogens with one attached hydrogen (secondary N) is 1. The number of imide groups is 1. The van der Waals surface area contributed by atoms with E-state index in [-0.39, 0.29) is 17.9 Å². The second kappa shape index (κ2) is 10.4. The lowest BCUT2D eigenvalue weighted by Crippen LogP contribution is -2.35. The molecule has 0 aliphatic carbocycles.